The number of rotatable bonds is 7. The molecule has 8 nitrogen and oxygen atoms in total. The first-order chi connectivity index (χ1) is 16.8. The summed E-state index contributed by atoms with van der Waals surface area (Å²) in [7, 11) is -2.43. The fourth-order valence-electron chi connectivity index (χ4n) is 3.63. The van der Waals surface area contributed by atoms with E-state index < -0.39 is 10.0 Å². The molecule has 0 bridgehead atoms. The summed E-state index contributed by atoms with van der Waals surface area (Å²) in [6.07, 6.45) is 0. The first-order valence-corrected chi connectivity index (χ1v) is 13.2. The fourth-order valence-corrected chi connectivity index (χ4v) is 5.98. The lowest BCUT2D eigenvalue weighted by Gasteiger charge is -2.15. The molecule has 2 aromatic heterocycles. The highest BCUT2D eigenvalue weighted by atomic mass is 35.5. The van der Waals surface area contributed by atoms with Gasteiger partial charge in [0.1, 0.15) is 0 Å². The zero-order valence-electron chi connectivity index (χ0n) is 18.5. The van der Waals surface area contributed by atoms with Crippen LogP contribution in [-0.4, -0.2) is 34.5 Å². The van der Waals surface area contributed by atoms with E-state index in [1.807, 2.05) is 48.5 Å². The second-order valence-corrected chi connectivity index (χ2v) is 11.3. The van der Waals surface area contributed by atoms with Gasteiger partial charge in [-0.1, -0.05) is 76.6 Å². The number of hydrogen-bond acceptors (Lipinski definition) is 7. The highest BCUT2D eigenvalue weighted by Gasteiger charge is 2.24. The van der Waals surface area contributed by atoms with E-state index >= 15 is 0 Å². The fraction of sp³-hybridized carbons (Fsp3) is 0.125. The second kappa shape index (κ2) is 9.38. The third-order valence-corrected chi connectivity index (χ3v) is 8.60. The Morgan fingerprint density at radius 2 is 1.80 bits per heavy atom. The zero-order chi connectivity index (χ0) is 24.6. The Balaban J connectivity index is 1.40. The van der Waals surface area contributed by atoms with Crippen molar-refractivity contribution >= 4 is 43.2 Å². The van der Waals surface area contributed by atoms with Crippen LogP contribution in [0.1, 0.15) is 11.5 Å². The van der Waals surface area contributed by atoms with Crippen LogP contribution in [0.2, 0.25) is 5.02 Å². The number of aromatic nitrogens is 3. The zero-order valence-corrected chi connectivity index (χ0v) is 20.8. The third kappa shape index (κ3) is 4.65. The normalized spacial score (nSPS) is 12.0. The van der Waals surface area contributed by atoms with Gasteiger partial charge in [0.25, 0.3) is 0 Å². The lowest BCUT2D eigenvalue weighted by atomic mass is 10.2. The van der Waals surface area contributed by atoms with Crippen LogP contribution in [0.25, 0.3) is 21.6 Å². The Morgan fingerprint density at radius 3 is 2.57 bits per heavy atom. The summed E-state index contributed by atoms with van der Waals surface area (Å²) < 4.78 is 35.0. The Morgan fingerprint density at radius 1 is 1.06 bits per heavy atom. The average Bonchev–Trinajstić information content (AvgIpc) is 3.44. The standard InChI is InChI=1S/C24H19ClN4O4S2/c1-28(15-22-26-23(27-33-22)16-7-3-2-4-8-16)35(31,32)18-11-12-20-21(13-18)34-24(30)29(20)14-17-9-5-6-10-19(17)25/h2-13H,14-15H2,1H3. The number of thiazole rings is 1. The molecule has 11 heteroatoms. The average molecular weight is 527 g/mol. The van der Waals surface area contributed by atoms with Crippen LogP contribution in [0.5, 0.6) is 0 Å². The molecular formula is C24H19ClN4O4S2. The van der Waals surface area contributed by atoms with Crippen molar-refractivity contribution in [2.24, 2.45) is 0 Å². The summed E-state index contributed by atoms with van der Waals surface area (Å²) in [6, 6.07) is 21.2. The number of benzene rings is 3. The molecule has 0 N–H and O–H groups in total. The van der Waals surface area contributed by atoms with Gasteiger partial charge in [-0.2, -0.15) is 9.29 Å². The molecule has 178 valence electrons. The summed E-state index contributed by atoms with van der Waals surface area (Å²) in [5.41, 5.74) is 2.22. The topological polar surface area (TPSA) is 98.3 Å². The Kier molecular flexibility index (Phi) is 6.28. The molecule has 0 atom stereocenters. The molecular weight excluding hydrogens is 508 g/mol. The maximum Gasteiger partial charge on any atom is 0.308 e. The minimum Gasteiger partial charge on any atom is -0.338 e. The molecule has 0 spiro atoms. The van der Waals surface area contributed by atoms with E-state index in [1.165, 1.54) is 19.2 Å². The Bertz CT molecular complexity index is 1680. The molecule has 0 amide bonds. The molecule has 0 saturated carbocycles. The van der Waals surface area contributed by atoms with Crippen LogP contribution in [0.15, 0.2) is 87.0 Å². The number of nitrogens with zero attached hydrogens (tertiary/aromatic N) is 4. The van der Waals surface area contributed by atoms with Crippen LogP contribution >= 0.6 is 22.9 Å². The lowest BCUT2D eigenvalue weighted by molar-refractivity contribution is 0.337. The molecule has 35 heavy (non-hydrogen) atoms. The predicted molar refractivity (Wildman–Crippen MR) is 135 cm³/mol. The highest BCUT2D eigenvalue weighted by molar-refractivity contribution is 7.89. The van der Waals surface area contributed by atoms with Gasteiger partial charge in [0, 0.05) is 17.6 Å². The van der Waals surface area contributed by atoms with E-state index in [2.05, 4.69) is 10.1 Å². The number of halogens is 1. The van der Waals surface area contributed by atoms with Crippen molar-refractivity contribution in [1.82, 2.24) is 19.0 Å². The summed E-state index contributed by atoms with van der Waals surface area (Å²) >= 11 is 7.24. The van der Waals surface area contributed by atoms with Crippen LogP contribution in [-0.2, 0) is 23.1 Å². The molecule has 5 aromatic rings. The lowest BCUT2D eigenvalue weighted by Crippen LogP contribution is -2.26. The minimum atomic E-state index is -3.87. The second-order valence-electron chi connectivity index (χ2n) is 7.81. The SMILES string of the molecule is CN(Cc1nc(-c2ccccc2)no1)S(=O)(=O)c1ccc2c(c1)sc(=O)n2Cc1ccccc1Cl. The van der Waals surface area contributed by atoms with Gasteiger partial charge in [0.15, 0.2) is 0 Å². The maximum absolute atomic E-state index is 13.2. The van der Waals surface area contributed by atoms with Crippen LogP contribution in [0.4, 0.5) is 0 Å². The van der Waals surface area contributed by atoms with Gasteiger partial charge >= 0.3 is 4.87 Å². The first-order valence-electron chi connectivity index (χ1n) is 10.5. The third-order valence-electron chi connectivity index (χ3n) is 5.49. The van der Waals surface area contributed by atoms with Gasteiger partial charge in [-0.05, 0) is 29.8 Å². The van der Waals surface area contributed by atoms with Crippen molar-refractivity contribution in [3.05, 3.63) is 98.9 Å². The minimum absolute atomic E-state index is 0.0708. The van der Waals surface area contributed by atoms with Gasteiger partial charge in [-0.15, -0.1) is 0 Å². The Labute approximate surface area is 210 Å². The molecule has 0 unspecified atom stereocenters. The van der Waals surface area contributed by atoms with Crippen molar-refractivity contribution in [2.75, 3.05) is 7.05 Å². The number of fused-ring (bicyclic) bond motifs is 1. The molecule has 0 aliphatic carbocycles. The number of hydrogen-bond donors (Lipinski definition) is 0. The van der Waals surface area contributed by atoms with Crippen LogP contribution < -0.4 is 4.87 Å². The van der Waals surface area contributed by atoms with E-state index in [0.717, 1.165) is 26.8 Å². The summed E-state index contributed by atoms with van der Waals surface area (Å²) in [5, 5.41) is 4.50. The first kappa shape index (κ1) is 23.4. The molecule has 3 aromatic carbocycles. The molecule has 0 fully saturated rings. The van der Waals surface area contributed by atoms with Crippen molar-refractivity contribution in [3.8, 4) is 11.4 Å². The Hall–Kier alpha value is -3.31. The molecule has 0 saturated heterocycles. The summed E-state index contributed by atoms with van der Waals surface area (Å²) in [5.74, 6) is 0.559. The monoisotopic (exact) mass is 526 g/mol. The van der Waals surface area contributed by atoms with E-state index in [0.29, 0.717) is 27.6 Å². The van der Waals surface area contributed by atoms with Gasteiger partial charge in [-0.3, -0.25) is 9.36 Å². The smallest absolute Gasteiger partial charge is 0.308 e. The largest absolute Gasteiger partial charge is 0.338 e. The quantitative estimate of drug-likeness (QED) is 0.306. The van der Waals surface area contributed by atoms with Gasteiger partial charge in [0.2, 0.25) is 21.7 Å². The van der Waals surface area contributed by atoms with Crippen molar-refractivity contribution in [2.45, 2.75) is 18.0 Å². The van der Waals surface area contributed by atoms with Gasteiger partial charge in [-0.25, -0.2) is 8.42 Å². The van der Waals surface area contributed by atoms with E-state index in [4.69, 9.17) is 16.1 Å². The van der Waals surface area contributed by atoms with Crippen molar-refractivity contribution in [1.29, 1.82) is 0 Å². The molecule has 0 aliphatic heterocycles. The van der Waals surface area contributed by atoms with Gasteiger partial charge < -0.3 is 4.52 Å². The van der Waals surface area contributed by atoms with Crippen LogP contribution in [0, 0.1) is 0 Å². The van der Waals surface area contributed by atoms with Crippen LogP contribution in [0.3, 0.4) is 0 Å². The maximum atomic E-state index is 13.2. The van der Waals surface area contributed by atoms with E-state index in [1.54, 1.807) is 16.7 Å². The van der Waals surface area contributed by atoms with Crippen molar-refractivity contribution < 1.29 is 12.9 Å². The van der Waals surface area contributed by atoms with E-state index in [9.17, 15) is 13.2 Å². The van der Waals surface area contributed by atoms with Gasteiger partial charge in [0.05, 0.1) is 28.2 Å². The summed E-state index contributed by atoms with van der Waals surface area (Å²) in [6.45, 7) is 0.204. The molecule has 5 rings (SSSR count). The van der Waals surface area contributed by atoms with Crippen molar-refractivity contribution in [3.63, 3.8) is 0 Å². The summed E-state index contributed by atoms with van der Waals surface area (Å²) in [4.78, 5) is 16.8. The number of sulfonamides is 1. The predicted octanol–water partition coefficient (Wildman–Crippen LogP) is 4.64. The molecule has 0 radical (unpaired) electrons. The molecule has 2 heterocycles. The highest BCUT2D eigenvalue weighted by Crippen LogP contribution is 2.26. The van der Waals surface area contributed by atoms with E-state index in [-0.39, 0.29) is 22.2 Å². The molecule has 0 aliphatic rings.